The molecule has 1 aromatic carbocycles. The number of hydrogen-bond donors (Lipinski definition) is 0. The predicted octanol–water partition coefficient (Wildman–Crippen LogP) is 2.74. The molecule has 0 amide bonds. The van der Waals surface area contributed by atoms with Gasteiger partial charge in [-0.05, 0) is 30.5 Å². The van der Waals surface area contributed by atoms with Gasteiger partial charge in [-0.25, -0.2) is 0 Å². The highest BCUT2D eigenvalue weighted by molar-refractivity contribution is 9.09. The van der Waals surface area contributed by atoms with Crippen molar-refractivity contribution in [2.75, 3.05) is 7.11 Å². The number of benzene rings is 1. The summed E-state index contributed by atoms with van der Waals surface area (Å²) in [5.41, 5.74) is 2.68. The fraction of sp³-hybridized carbons (Fsp3) is 0.385. The number of ether oxygens (including phenoxy) is 1. The number of carbonyl (C=O) groups is 2. The first-order valence-electron chi connectivity index (χ1n) is 5.27. The number of Topliss-reactive ketones (excluding diaryl/α,β-unsaturated/α-hetero) is 1. The van der Waals surface area contributed by atoms with Crippen molar-refractivity contribution in [1.29, 1.82) is 0 Å². The zero-order valence-electron chi connectivity index (χ0n) is 10.1. The van der Waals surface area contributed by atoms with Crippen LogP contribution in [-0.2, 0) is 20.7 Å². The number of methoxy groups -OCH3 is 1. The Hall–Kier alpha value is -1.16. The molecule has 1 aromatic rings. The van der Waals surface area contributed by atoms with Crippen LogP contribution in [0.5, 0.6) is 0 Å². The van der Waals surface area contributed by atoms with Gasteiger partial charge < -0.3 is 4.74 Å². The summed E-state index contributed by atoms with van der Waals surface area (Å²) in [5.74, 6) is -0.287. The highest BCUT2D eigenvalue weighted by atomic mass is 79.9. The summed E-state index contributed by atoms with van der Waals surface area (Å²) >= 11 is 3.35. The van der Waals surface area contributed by atoms with E-state index in [1.54, 1.807) is 0 Å². The van der Waals surface area contributed by atoms with Gasteiger partial charge in [-0.1, -0.05) is 34.1 Å². The highest BCUT2D eigenvalue weighted by Crippen LogP contribution is 2.29. The van der Waals surface area contributed by atoms with Crippen LogP contribution >= 0.6 is 15.9 Å². The molecule has 92 valence electrons. The largest absolute Gasteiger partial charge is 0.469 e. The Labute approximate surface area is 109 Å². The molecule has 4 heteroatoms. The minimum atomic E-state index is -0.373. The Bertz CT molecular complexity index is 440. The van der Waals surface area contributed by atoms with Gasteiger partial charge in [-0.15, -0.1) is 0 Å². The summed E-state index contributed by atoms with van der Waals surface area (Å²) in [6.45, 7) is 3.44. The van der Waals surface area contributed by atoms with E-state index in [4.69, 9.17) is 0 Å². The van der Waals surface area contributed by atoms with E-state index in [9.17, 15) is 9.59 Å². The van der Waals surface area contributed by atoms with Gasteiger partial charge in [-0.3, -0.25) is 9.59 Å². The number of esters is 1. The van der Waals surface area contributed by atoms with Gasteiger partial charge in [0, 0.05) is 0 Å². The Morgan fingerprint density at radius 3 is 2.59 bits per heavy atom. The molecule has 0 radical (unpaired) electrons. The van der Waals surface area contributed by atoms with Crippen molar-refractivity contribution in [3.63, 3.8) is 0 Å². The second-order valence-electron chi connectivity index (χ2n) is 3.87. The van der Waals surface area contributed by atoms with E-state index in [-0.39, 0.29) is 23.0 Å². The summed E-state index contributed by atoms with van der Waals surface area (Å²) in [5, 5.41) is 0. The number of hydrogen-bond acceptors (Lipinski definition) is 3. The molecule has 0 aliphatic heterocycles. The van der Waals surface area contributed by atoms with Crippen molar-refractivity contribution in [2.24, 2.45) is 0 Å². The topological polar surface area (TPSA) is 43.4 Å². The molecule has 1 unspecified atom stereocenters. The smallest absolute Gasteiger partial charge is 0.309 e. The lowest BCUT2D eigenvalue weighted by atomic mass is 9.96. The number of carbonyl (C=O) groups excluding carboxylic acids is 2. The number of halogens is 1. The molecule has 0 heterocycles. The van der Waals surface area contributed by atoms with Crippen LogP contribution in [0.4, 0.5) is 0 Å². The number of ketones is 1. The van der Waals surface area contributed by atoms with Crippen molar-refractivity contribution in [3.8, 4) is 0 Å². The first-order valence-corrected chi connectivity index (χ1v) is 6.18. The third-order valence-electron chi connectivity index (χ3n) is 2.63. The summed E-state index contributed by atoms with van der Waals surface area (Å²) in [4.78, 5) is 22.4. The predicted molar refractivity (Wildman–Crippen MR) is 69.2 cm³/mol. The standard InChI is InChI=1S/C13H15BrO3/c1-8-5-4-6-10(13(14)9(2)15)11(8)7-12(16)17-3/h4-6,13H,7H2,1-3H3. The van der Waals surface area contributed by atoms with E-state index >= 15 is 0 Å². The summed E-state index contributed by atoms with van der Waals surface area (Å²) in [6.07, 6.45) is 0.188. The maximum Gasteiger partial charge on any atom is 0.309 e. The minimum Gasteiger partial charge on any atom is -0.469 e. The van der Waals surface area contributed by atoms with Crippen LogP contribution < -0.4 is 0 Å². The first kappa shape index (κ1) is 13.9. The van der Waals surface area contributed by atoms with Gasteiger partial charge in [0.1, 0.15) is 5.78 Å². The van der Waals surface area contributed by atoms with Crippen LogP contribution in [0.1, 0.15) is 28.4 Å². The molecule has 3 nitrogen and oxygen atoms in total. The van der Waals surface area contributed by atoms with E-state index in [0.29, 0.717) is 0 Å². The molecule has 0 spiro atoms. The van der Waals surface area contributed by atoms with Crippen LogP contribution in [0, 0.1) is 6.92 Å². The molecule has 17 heavy (non-hydrogen) atoms. The van der Waals surface area contributed by atoms with Crippen LogP contribution in [0.15, 0.2) is 18.2 Å². The Morgan fingerprint density at radius 2 is 2.06 bits per heavy atom. The van der Waals surface area contributed by atoms with Crippen LogP contribution in [-0.4, -0.2) is 18.9 Å². The van der Waals surface area contributed by atoms with Crippen molar-refractivity contribution in [1.82, 2.24) is 0 Å². The third kappa shape index (κ3) is 3.40. The van der Waals surface area contributed by atoms with Crippen molar-refractivity contribution < 1.29 is 14.3 Å². The molecular formula is C13H15BrO3. The zero-order chi connectivity index (χ0) is 13.0. The Kier molecular flexibility index (Phi) is 4.87. The van der Waals surface area contributed by atoms with E-state index in [0.717, 1.165) is 16.7 Å². The fourth-order valence-corrected chi connectivity index (χ4v) is 2.07. The molecule has 0 aliphatic rings. The molecule has 0 aliphatic carbocycles. The highest BCUT2D eigenvalue weighted by Gasteiger charge is 2.19. The van der Waals surface area contributed by atoms with Crippen molar-refractivity contribution in [2.45, 2.75) is 25.1 Å². The monoisotopic (exact) mass is 298 g/mol. The average molecular weight is 299 g/mol. The quantitative estimate of drug-likeness (QED) is 0.634. The Morgan fingerprint density at radius 1 is 1.41 bits per heavy atom. The van der Waals surface area contributed by atoms with Gasteiger partial charge in [-0.2, -0.15) is 0 Å². The van der Waals surface area contributed by atoms with E-state index in [1.807, 2.05) is 25.1 Å². The number of rotatable bonds is 4. The van der Waals surface area contributed by atoms with Crippen LogP contribution in [0.3, 0.4) is 0 Å². The molecule has 1 rings (SSSR count). The summed E-state index contributed by atoms with van der Waals surface area (Å²) in [7, 11) is 1.36. The molecule has 0 fully saturated rings. The van der Waals surface area contributed by atoms with Crippen LogP contribution in [0.2, 0.25) is 0 Å². The average Bonchev–Trinajstić information content (AvgIpc) is 2.30. The molecule has 0 bridgehead atoms. The van der Waals surface area contributed by atoms with Crippen molar-refractivity contribution >= 4 is 27.7 Å². The van der Waals surface area contributed by atoms with Crippen LogP contribution in [0.25, 0.3) is 0 Å². The SMILES string of the molecule is COC(=O)Cc1c(C)cccc1C(Br)C(C)=O. The lowest BCUT2D eigenvalue weighted by Crippen LogP contribution is -2.11. The second-order valence-corrected chi connectivity index (χ2v) is 4.78. The van der Waals surface area contributed by atoms with Gasteiger partial charge in [0.25, 0.3) is 0 Å². The van der Waals surface area contributed by atoms with Gasteiger partial charge in [0.2, 0.25) is 0 Å². The van der Waals surface area contributed by atoms with E-state index in [1.165, 1.54) is 14.0 Å². The maximum absolute atomic E-state index is 11.4. The molecule has 1 atom stereocenters. The van der Waals surface area contributed by atoms with Gasteiger partial charge >= 0.3 is 5.97 Å². The first-order chi connectivity index (χ1) is 7.97. The molecule has 0 N–H and O–H groups in total. The maximum atomic E-state index is 11.4. The van der Waals surface area contributed by atoms with Gasteiger partial charge in [0.15, 0.2) is 0 Å². The van der Waals surface area contributed by atoms with E-state index in [2.05, 4.69) is 20.7 Å². The summed E-state index contributed by atoms with van der Waals surface area (Å²) < 4.78 is 4.67. The Balaban J connectivity index is 3.17. The fourth-order valence-electron chi connectivity index (χ4n) is 1.64. The minimum absolute atomic E-state index is 0.0155. The van der Waals surface area contributed by atoms with E-state index < -0.39 is 0 Å². The number of alkyl halides is 1. The second kappa shape index (κ2) is 5.96. The van der Waals surface area contributed by atoms with Crippen molar-refractivity contribution in [3.05, 3.63) is 34.9 Å². The number of aryl methyl sites for hydroxylation is 1. The zero-order valence-corrected chi connectivity index (χ0v) is 11.7. The third-order valence-corrected chi connectivity index (χ3v) is 3.76. The lowest BCUT2D eigenvalue weighted by Gasteiger charge is -2.14. The normalized spacial score (nSPS) is 12.0. The lowest BCUT2D eigenvalue weighted by molar-refractivity contribution is -0.139. The molecule has 0 saturated heterocycles. The summed E-state index contributed by atoms with van der Waals surface area (Å²) in [6, 6.07) is 5.65. The molecule has 0 saturated carbocycles. The molecule has 0 aromatic heterocycles. The van der Waals surface area contributed by atoms with Gasteiger partial charge in [0.05, 0.1) is 18.4 Å². The molecular weight excluding hydrogens is 284 g/mol.